The summed E-state index contributed by atoms with van der Waals surface area (Å²) in [6.07, 6.45) is -0.650. The first-order valence-corrected chi connectivity index (χ1v) is 8.58. The third-order valence-corrected chi connectivity index (χ3v) is 4.48. The highest BCUT2D eigenvalue weighted by molar-refractivity contribution is 5.96. The maximum Gasteiger partial charge on any atom is 0.262 e. The minimum absolute atomic E-state index is 0.130. The van der Waals surface area contributed by atoms with Crippen molar-refractivity contribution in [1.82, 2.24) is 5.32 Å². The number of nitrogens with one attached hydrogen (secondary N) is 2. The number of fused-ring (bicyclic) bond motifs is 1. The molecule has 1 unspecified atom stereocenters. The number of ether oxygens (including phenoxy) is 1. The van der Waals surface area contributed by atoms with Crippen LogP contribution >= 0.6 is 0 Å². The molecule has 0 bridgehead atoms. The lowest BCUT2D eigenvalue weighted by atomic mass is 10.1. The Balaban J connectivity index is 1.79. The summed E-state index contributed by atoms with van der Waals surface area (Å²) in [5.74, 6) is 0.265. The summed E-state index contributed by atoms with van der Waals surface area (Å²) in [6.45, 7) is 4.39. The van der Waals surface area contributed by atoms with Crippen LogP contribution in [-0.4, -0.2) is 38.1 Å². The molecule has 0 spiro atoms. The number of anilines is 2. The molecule has 2 aromatic carbocycles. The van der Waals surface area contributed by atoms with Crippen LogP contribution in [0, 0.1) is 13.8 Å². The Labute approximate surface area is 153 Å². The highest BCUT2D eigenvalue weighted by Gasteiger charge is 2.31. The van der Waals surface area contributed by atoms with E-state index in [1.807, 2.05) is 55.1 Å². The standard InChI is InChI=1S/C20H23N3O3/c1-13-7-6-8-14(2)19(13)22-18(24)12-23-11-17(20(25)21-3)26-16-10-5-4-9-15(16)23/h4-10,17H,11-12H2,1-3H3,(H,21,25)(H,22,24). The molecule has 2 aromatic rings. The van der Waals surface area contributed by atoms with Gasteiger partial charge in [0.05, 0.1) is 18.8 Å². The highest BCUT2D eigenvalue weighted by Crippen LogP contribution is 2.33. The van der Waals surface area contributed by atoms with Crippen molar-refractivity contribution >= 4 is 23.2 Å². The first kappa shape index (κ1) is 17.8. The molecule has 1 aliphatic heterocycles. The maximum atomic E-state index is 12.6. The molecule has 0 fully saturated rings. The van der Waals surface area contributed by atoms with Crippen LogP contribution in [0.1, 0.15) is 11.1 Å². The van der Waals surface area contributed by atoms with Gasteiger partial charge in [0, 0.05) is 12.7 Å². The van der Waals surface area contributed by atoms with Crippen molar-refractivity contribution in [3.8, 4) is 5.75 Å². The van der Waals surface area contributed by atoms with Gasteiger partial charge >= 0.3 is 0 Å². The van der Waals surface area contributed by atoms with Crippen molar-refractivity contribution in [1.29, 1.82) is 0 Å². The second-order valence-electron chi connectivity index (χ2n) is 6.38. The van der Waals surface area contributed by atoms with Gasteiger partial charge < -0.3 is 20.3 Å². The number of aryl methyl sites for hydroxylation is 2. The molecule has 0 saturated heterocycles. The SMILES string of the molecule is CNC(=O)C1CN(CC(=O)Nc2c(C)cccc2C)c2ccccc2O1. The summed E-state index contributed by atoms with van der Waals surface area (Å²) in [5, 5.41) is 5.60. The van der Waals surface area contributed by atoms with Crippen molar-refractivity contribution in [3.63, 3.8) is 0 Å². The first-order valence-electron chi connectivity index (χ1n) is 8.58. The molecule has 3 rings (SSSR count). The number of benzene rings is 2. The number of carbonyl (C=O) groups is 2. The van der Waals surface area contributed by atoms with Crippen LogP contribution in [0.5, 0.6) is 5.75 Å². The minimum Gasteiger partial charge on any atom is -0.477 e. The quantitative estimate of drug-likeness (QED) is 0.885. The fourth-order valence-corrected chi connectivity index (χ4v) is 3.12. The summed E-state index contributed by atoms with van der Waals surface area (Å²) in [5.41, 5.74) is 3.68. The number of hydrogen-bond acceptors (Lipinski definition) is 4. The van der Waals surface area contributed by atoms with E-state index in [9.17, 15) is 9.59 Å². The number of rotatable bonds is 4. The third-order valence-electron chi connectivity index (χ3n) is 4.48. The average molecular weight is 353 g/mol. The zero-order valence-electron chi connectivity index (χ0n) is 15.2. The van der Waals surface area contributed by atoms with Crippen molar-refractivity contribution in [3.05, 3.63) is 53.6 Å². The lowest BCUT2D eigenvalue weighted by Crippen LogP contribution is -2.50. The molecule has 0 aliphatic carbocycles. The average Bonchev–Trinajstić information content (AvgIpc) is 2.64. The van der Waals surface area contributed by atoms with Gasteiger partial charge in [0.2, 0.25) is 5.91 Å². The van der Waals surface area contributed by atoms with E-state index in [-0.39, 0.29) is 18.4 Å². The van der Waals surface area contributed by atoms with E-state index < -0.39 is 6.10 Å². The van der Waals surface area contributed by atoms with E-state index in [4.69, 9.17) is 4.74 Å². The summed E-state index contributed by atoms with van der Waals surface area (Å²) in [4.78, 5) is 26.5. The predicted molar refractivity (Wildman–Crippen MR) is 102 cm³/mol. The molecule has 2 N–H and O–H groups in total. The Morgan fingerprint density at radius 3 is 2.50 bits per heavy atom. The first-order chi connectivity index (χ1) is 12.5. The molecule has 0 saturated carbocycles. The van der Waals surface area contributed by atoms with Crippen LogP contribution in [0.3, 0.4) is 0 Å². The summed E-state index contributed by atoms with van der Waals surface area (Å²) < 4.78 is 5.77. The Morgan fingerprint density at radius 1 is 1.12 bits per heavy atom. The predicted octanol–water partition coefficient (Wildman–Crippen LogP) is 2.26. The molecule has 1 atom stereocenters. The van der Waals surface area contributed by atoms with Crippen molar-refractivity contribution in [2.75, 3.05) is 30.4 Å². The van der Waals surface area contributed by atoms with Crippen LogP contribution in [-0.2, 0) is 9.59 Å². The van der Waals surface area contributed by atoms with Gasteiger partial charge in [-0.1, -0.05) is 30.3 Å². The topological polar surface area (TPSA) is 70.7 Å². The molecule has 6 heteroatoms. The van der Waals surface area contributed by atoms with E-state index in [0.717, 1.165) is 22.5 Å². The number of hydrogen-bond donors (Lipinski definition) is 2. The zero-order valence-corrected chi connectivity index (χ0v) is 15.2. The fraction of sp³-hybridized carbons (Fsp3) is 0.300. The molecule has 0 radical (unpaired) electrons. The minimum atomic E-state index is -0.650. The molecule has 0 aromatic heterocycles. The van der Waals surface area contributed by atoms with Crippen molar-refractivity contribution in [2.24, 2.45) is 0 Å². The molecule has 6 nitrogen and oxygen atoms in total. The monoisotopic (exact) mass is 353 g/mol. The molecular formula is C20H23N3O3. The lowest BCUT2D eigenvalue weighted by molar-refractivity contribution is -0.127. The van der Waals surface area contributed by atoms with E-state index in [2.05, 4.69) is 10.6 Å². The summed E-state index contributed by atoms with van der Waals surface area (Å²) in [6, 6.07) is 13.3. The molecule has 1 aliphatic rings. The highest BCUT2D eigenvalue weighted by atomic mass is 16.5. The molecule has 136 valence electrons. The Bertz CT molecular complexity index is 815. The Morgan fingerprint density at radius 2 is 1.81 bits per heavy atom. The van der Waals surface area contributed by atoms with Crippen LogP contribution < -0.4 is 20.3 Å². The number of carbonyl (C=O) groups excluding carboxylic acids is 2. The summed E-state index contributed by atoms with van der Waals surface area (Å²) in [7, 11) is 1.57. The van der Waals surface area contributed by atoms with E-state index >= 15 is 0 Å². The lowest BCUT2D eigenvalue weighted by Gasteiger charge is -2.35. The van der Waals surface area contributed by atoms with Crippen LogP contribution in [0.2, 0.25) is 0 Å². The molecular weight excluding hydrogens is 330 g/mol. The zero-order chi connectivity index (χ0) is 18.7. The van der Waals surface area contributed by atoms with Crippen LogP contribution in [0.4, 0.5) is 11.4 Å². The van der Waals surface area contributed by atoms with E-state index in [1.54, 1.807) is 13.1 Å². The second kappa shape index (κ2) is 7.47. The normalized spacial score (nSPS) is 15.7. The van der Waals surface area contributed by atoms with Gasteiger partial charge in [-0.2, -0.15) is 0 Å². The molecule has 1 heterocycles. The van der Waals surface area contributed by atoms with Crippen molar-refractivity contribution < 1.29 is 14.3 Å². The van der Waals surface area contributed by atoms with Crippen LogP contribution in [0.15, 0.2) is 42.5 Å². The molecule has 26 heavy (non-hydrogen) atoms. The Kier molecular flexibility index (Phi) is 5.11. The van der Waals surface area contributed by atoms with E-state index in [0.29, 0.717) is 12.3 Å². The molecule has 2 amide bonds. The van der Waals surface area contributed by atoms with Crippen molar-refractivity contribution in [2.45, 2.75) is 20.0 Å². The second-order valence-corrected chi connectivity index (χ2v) is 6.38. The Hall–Kier alpha value is -3.02. The van der Waals surface area contributed by atoms with E-state index in [1.165, 1.54) is 0 Å². The van der Waals surface area contributed by atoms with Gasteiger partial charge in [0.25, 0.3) is 5.91 Å². The fourth-order valence-electron chi connectivity index (χ4n) is 3.12. The van der Waals surface area contributed by atoms with Gasteiger partial charge in [-0.05, 0) is 37.1 Å². The van der Waals surface area contributed by atoms with Gasteiger partial charge in [-0.15, -0.1) is 0 Å². The van der Waals surface area contributed by atoms with Gasteiger partial charge in [0.15, 0.2) is 6.10 Å². The maximum absolute atomic E-state index is 12.6. The largest absolute Gasteiger partial charge is 0.477 e. The van der Waals surface area contributed by atoms with Gasteiger partial charge in [-0.3, -0.25) is 9.59 Å². The summed E-state index contributed by atoms with van der Waals surface area (Å²) >= 11 is 0. The smallest absolute Gasteiger partial charge is 0.262 e. The number of likely N-dealkylation sites (N-methyl/N-ethyl adjacent to an activating group) is 1. The number of nitrogens with zero attached hydrogens (tertiary/aromatic N) is 1. The van der Waals surface area contributed by atoms with Crippen LogP contribution in [0.25, 0.3) is 0 Å². The number of para-hydroxylation sites is 3. The number of amides is 2. The van der Waals surface area contributed by atoms with Gasteiger partial charge in [-0.25, -0.2) is 0 Å². The third kappa shape index (κ3) is 3.64. The van der Waals surface area contributed by atoms with Gasteiger partial charge in [0.1, 0.15) is 5.75 Å².